The van der Waals surface area contributed by atoms with Crippen molar-refractivity contribution >= 4 is 44.3 Å². The highest BCUT2D eigenvalue weighted by molar-refractivity contribution is 9.10. The third-order valence-corrected chi connectivity index (χ3v) is 5.12. The predicted octanol–water partition coefficient (Wildman–Crippen LogP) is 4.84. The molecule has 0 aliphatic rings. The maximum absolute atomic E-state index is 12.7. The first-order valence-electron chi connectivity index (χ1n) is 8.93. The monoisotopic (exact) mass is 474 g/mol. The fourth-order valence-corrected chi connectivity index (χ4v) is 3.69. The Morgan fingerprint density at radius 3 is 2.79 bits per heavy atom. The lowest BCUT2D eigenvalue weighted by molar-refractivity contribution is -0.142. The predicted molar refractivity (Wildman–Crippen MR) is 115 cm³/mol. The Balaban J connectivity index is 1.65. The zero-order valence-corrected chi connectivity index (χ0v) is 18.1. The van der Waals surface area contributed by atoms with Crippen molar-refractivity contribution in [3.8, 4) is 5.75 Å². The largest absolute Gasteiger partial charge is 0.488 e. The molecule has 6 nitrogen and oxygen atoms in total. The summed E-state index contributed by atoms with van der Waals surface area (Å²) in [5.74, 6) is -0.192. The van der Waals surface area contributed by atoms with Crippen molar-refractivity contribution < 1.29 is 19.1 Å². The van der Waals surface area contributed by atoms with Crippen LogP contribution >= 0.6 is 27.3 Å². The third-order valence-electron chi connectivity index (χ3n) is 3.82. The van der Waals surface area contributed by atoms with Crippen LogP contribution in [-0.2, 0) is 22.6 Å². The first-order valence-corrected chi connectivity index (χ1v) is 10.6. The molecule has 150 valence electrons. The minimum absolute atomic E-state index is 0.0759. The van der Waals surface area contributed by atoms with Gasteiger partial charge in [0.15, 0.2) is 5.13 Å². The lowest BCUT2D eigenvalue weighted by atomic mass is 10.2. The molecule has 0 unspecified atom stereocenters. The molecule has 1 N–H and O–H groups in total. The Bertz CT molecular complexity index is 1010. The van der Waals surface area contributed by atoms with E-state index in [1.54, 1.807) is 30.5 Å². The van der Waals surface area contributed by atoms with Crippen LogP contribution in [0.2, 0.25) is 0 Å². The maximum atomic E-state index is 12.7. The Hall–Kier alpha value is -2.71. The maximum Gasteiger partial charge on any atom is 0.311 e. The van der Waals surface area contributed by atoms with Gasteiger partial charge in [-0.15, -0.1) is 11.3 Å². The number of para-hydroxylation sites is 1. The van der Waals surface area contributed by atoms with E-state index in [1.807, 2.05) is 30.3 Å². The van der Waals surface area contributed by atoms with Gasteiger partial charge in [0.25, 0.3) is 5.91 Å². The van der Waals surface area contributed by atoms with Crippen molar-refractivity contribution in [1.29, 1.82) is 0 Å². The number of rotatable bonds is 8. The first-order chi connectivity index (χ1) is 14.0. The molecule has 0 atom stereocenters. The third kappa shape index (κ3) is 6.13. The van der Waals surface area contributed by atoms with Crippen molar-refractivity contribution in [2.24, 2.45) is 0 Å². The number of halogens is 1. The molecule has 0 radical (unpaired) electrons. The number of benzene rings is 2. The molecular weight excluding hydrogens is 456 g/mol. The smallest absolute Gasteiger partial charge is 0.311 e. The van der Waals surface area contributed by atoms with Crippen molar-refractivity contribution in [2.45, 2.75) is 20.0 Å². The molecule has 2 aromatic carbocycles. The molecule has 1 amide bonds. The summed E-state index contributed by atoms with van der Waals surface area (Å²) in [7, 11) is 0. The van der Waals surface area contributed by atoms with Gasteiger partial charge < -0.3 is 9.47 Å². The van der Waals surface area contributed by atoms with Crippen molar-refractivity contribution in [2.75, 3.05) is 11.9 Å². The van der Waals surface area contributed by atoms with E-state index in [0.717, 1.165) is 10.0 Å². The normalized spacial score (nSPS) is 10.4. The van der Waals surface area contributed by atoms with E-state index in [2.05, 4.69) is 26.2 Å². The number of carbonyl (C=O) groups is 2. The van der Waals surface area contributed by atoms with Crippen LogP contribution in [-0.4, -0.2) is 23.5 Å². The molecule has 0 spiro atoms. The second-order valence-electron chi connectivity index (χ2n) is 5.99. The molecule has 1 aromatic heterocycles. The number of anilines is 1. The molecule has 0 bridgehead atoms. The molecule has 0 aliphatic heterocycles. The van der Waals surface area contributed by atoms with Crippen LogP contribution in [0.1, 0.15) is 28.5 Å². The van der Waals surface area contributed by atoms with Crippen LogP contribution < -0.4 is 10.1 Å². The van der Waals surface area contributed by atoms with Gasteiger partial charge in [-0.2, -0.15) is 0 Å². The zero-order chi connectivity index (χ0) is 20.6. The van der Waals surface area contributed by atoms with Gasteiger partial charge in [0.1, 0.15) is 12.4 Å². The molecule has 3 aromatic rings. The summed E-state index contributed by atoms with van der Waals surface area (Å²) in [6.45, 7) is 2.41. The van der Waals surface area contributed by atoms with E-state index >= 15 is 0 Å². The number of amides is 1. The fourth-order valence-electron chi connectivity index (χ4n) is 2.54. The average Bonchev–Trinajstić information content (AvgIpc) is 3.13. The van der Waals surface area contributed by atoms with Gasteiger partial charge in [0.2, 0.25) is 0 Å². The van der Waals surface area contributed by atoms with Gasteiger partial charge in [0.05, 0.1) is 24.3 Å². The van der Waals surface area contributed by atoms with E-state index in [1.165, 1.54) is 11.3 Å². The van der Waals surface area contributed by atoms with Crippen LogP contribution in [0.3, 0.4) is 0 Å². The Morgan fingerprint density at radius 2 is 2.00 bits per heavy atom. The number of esters is 1. The van der Waals surface area contributed by atoms with Gasteiger partial charge in [-0.05, 0) is 36.8 Å². The van der Waals surface area contributed by atoms with Crippen molar-refractivity contribution in [3.05, 3.63) is 75.2 Å². The van der Waals surface area contributed by atoms with Crippen LogP contribution in [0, 0.1) is 0 Å². The number of hydrogen-bond acceptors (Lipinski definition) is 6. The minimum atomic E-state index is -0.345. The Labute approximate surface area is 181 Å². The number of nitrogens with one attached hydrogen (secondary N) is 1. The summed E-state index contributed by atoms with van der Waals surface area (Å²) in [5.41, 5.74) is 1.95. The minimum Gasteiger partial charge on any atom is -0.488 e. The van der Waals surface area contributed by atoms with Gasteiger partial charge in [-0.3, -0.25) is 14.9 Å². The zero-order valence-electron chi connectivity index (χ0n) is 15.7. The molecule has 0 aliphatic carbocycles. The quantitative estimate of drug-likeness (QED) is 0.472. The molecule has 0 fully saturated rings. The van der Waals surface area contributed by atoms with E-state index < -0.39 is 0 Å². The van der Waals surface area contributed by atoms with E-state index in [4.69, 9.17) is 9.47 Å². The summed E-state index contributed by atoms with van der Waals surface area (Å²) in [4.78, 5) is 28.5. The molecule has 0 saturated carbocycles. The summed E-state index contributed by atoms with van der Waals surface area (Å²) in [6, 6.07) is 14.8. The van der Waals surface area contributed by atoms with Crippen LogP contribution in [0.15, 0.2) is 58.4 Å². The van der Waals surface area contributed by atoms with Crippen LogP contribution in [0.4, 0.5) is 5.13 Å². The van der Waals surface area contributed by atoms with Gasteiger partial charge >= 0.3 is 5.97 Å². The van der Waals surface area contributed by atoms with Crippen molar-refractivity contribution in [3.63, 3.8) is 0 Å². The van der Waals surface area contributed by atoms with Crippen LogP contribution in [0.25, 0.3) is 0 Å². The molecular formula is C21H19BrN2O4S. The van der Waals surface area contributed by atoms with E-state index in [-0.39, 0.29) is 18.3 Å². The first kappa shape index (κ1) is 21.0. The Morgan fingerprint density at radius 1 is 1.17 bits per heavy atom. The number of thiazole rings is 1. The average molecular weight is 475 g/mol. The number of nitrogens with zero attached hydrogens (tertiary/aromatic N) is 1. The molecule has 3 rings (SSSR count). The van der Waals surface area contributed by atoms with E-state index in [0.29, 0.717) is 35.4 Å². The standard InChI is InChI=1S/C21H19BrN2O4S/c1-2-27-19(25)11-16-13-29-21(23-16)24-20(26)17-8-3-4-9-18(17)28-12-14-6-5-7-15(22)10-14/h3-10,13H,2,11-12H2,1H3,(H,23,24,26). The molecule has 0 saturated heterocycles. The number of ether oxygens (including phenoxy) is 2. The fraction of sp³-hybridized carbons (Fsp3) is 0.190. The van der Waals surface area contributed by atoms with Gasteiger partial charge in [0, 0.05) is 9.85 Å². The topological polar surface area (TPSA) is 77.5 Å². The summed E-state index contributed by atoms with van der Waals surface area (Å²) >= 11 is 4.69. The molecule has 29 heavy (non-hydrogen) atoms. The number of aromatic nitrogens is 1. The highest BCUT2D eigenvalue weighted by atomic mass is 79.9. The number of hydrogen-bond donors (Lipinski definition) is 1. The summed E-state index contributed by atoms with van der Waals surface area (Å²) in [6.07, 6.45) is 0.0759. The van der Waals surface area contributed by atoms with Crippen molar-refractivity contribution in [1.82, 2.24) is 4.98 Å². The van der Waals surface area contributed by atoms with Gasteiger partial charge in [-0.1, -0.05) is 40.2 Å². The SMILES string of the molecule is CCOC(=O)Cc1csc(NC(=O)c2ccccc2OCc2cccc(Br)c2)n1. The highest BCUT2D eigenvalue weighted by Crippen LogP contribution is 2.23. The second kappa shape index (κ2) is 10.2. The lowest BCUT2D eigenvalue weighted by Crippen LogP contribution is -2.14. The van der Waals surface area contributed by atoms with E-state index in [9.17, 15) is 9.59 Å². The van der Waals surface area contributed by atoms with Crippen LogP contribution in [0.5, 0.6) is 5.75 Å². The lowest BCUT2D eigenvalue weighted by Gasteiger charge is -2.11. The molecule has 1 heterocycles. The Kier molecular flexibility index (Phi) is 7.37. The second-order valence-corrected chi connectivity index (χ2v) is 7.77. The van der Waals surface area contributed by atoms with Gasteiger partial charge in [-0.25, -0.2) is 4.98 Å². The summed E-state index contributed by atoms with van der Waals surface area (Å²) in [5, 5.41) is 4.90. The molecule has 8 heteroatoms. The summed E-state index contributed by atoms with van der Waals surface area (Å²) < 4.78 is 11.7. The highest BCUT2D eigenvalue weighted by Gasteiger charge is 2.15. The number of carbonyl (C=O) groups excluding carboxylic acids is 2.